The largest absolute Gasteiger partial charge is 0.318 e. The number of nitrogens with zero attached hydrogens (tertiary/aromatic N) is 2. The number of hydrogen-bond acceptors (Lipinski definition) is 4. The van der Waals surface area contributed by atoms with Crippen LogP contribution in [0, 0.1) is 5.92 Å². The summed E-state index contributed by atoms with van der Waals surface area (Å²) in [7, 11) is 0. The summed E-state index contributed by atoms with van der Waals surface area (Å²) in [5, 5.41) is 4.83. The monoisotopic (exact) mass is 378 g/mol. The molecule has 0 atom stereocenters. The molecule has 2 aliphatic heterocycles. The van der Waals surface area contributed by atoms with Crippen LogP contribution in [0.2, 0.25) is 0 Å². The molecule has 0 unspecified atom stereocenters. The molecule has 1 aromatic carbocycles. The molecule has 2 aromatic rings. The third-order valence-corrected chi connectivity index (χ3v) is 6.37. The lowest BCUT2D eigenvalue weighted by Gasteiger charge is -2.18. The number of aliphatic imine (C=N–C) groups is 1. The van der Waals surface area contributed by atoms with E-state index in [1.165, 1.54) is 39.4 Å². The Labute approximate surface area is 142 Å². The summed E-state index contributed by atoms with van der Waals surface area (Å²) in [6.45, 7) is 2.00. The Morgan fingerprint density at radius 2 is 2.10 bits per heavy atom. The lowest BCUT2D eigenvalue weighted by molar-refractivity contribution is 0.646. The SMILES string of the molecule is Br.c1cc(C2=C(C3CC3)SC3=NCCN32)c2ccsc2c1. The maximum atomic E-state index is 4.67. The van der Waals surface area contributed by atoms with Crippen molar-refractivity contribution in [3.05, 3.63) is 40.1 Å². The molecule has 3 heterocycles. The number of halogens is 1. The van der Waals surface area contributed by atoms with Gasteiger partial charge in [-0.3, -0.25) is 4.99 Å². The molecule has 21 heavy (non-hydrogen) atoms. The lowest BCUT2D eigenvalue weighted by atomic mass is 10.1. The van der Waals surface area contributed by atoms with Crippen LogP contribution in [-0.2, 0) is 0 Å². The summed E-state index contributed by atoms with van der Waals surface area (Å²) in [4.78, 5) is 8.69. The van der Waals surface area contributed by atoms with E-state index in [1.807, 2.05) is 23.1 Å². The van der Waals surface area contributed by atoms with Crippen molar-refractivity contribution in [3.63, 3.8) is 0 Å². The Morgan fingerprint density at radius 1 is 1.19 bits per heavy atom. The second kappa shape index (κ2) is 5.14. The standard InChI is InChI=1S/C16H14N2S2.BrH/c1-2-12(11-6-9-19-13(11)3-1)14-15(10-4-5-10)20-16-17-7-8-18(14)16;/h1-3,6,9-10H,4-5,7-8H2;1H. The number of thioether (sulfide) groups is 1. The molecule has 0 spiro atoms. The molecule has 1 saturated carbocycles. The van der Waals surface area contributed by atoms with Crippen molar-refractivity contribution >= 4 is 61.0 Å². The van der Waals surface area contributed by atoms with E-state index in [9.17, 15) is 0 Å². The topological polar surface area (TPSA) is 15.6 Å². The third kappa shape index (κ3) is 2.09. The van der Waals surface area contributed by atoms with Crippen LogP contribution in [0.5, 0.6) is 0 Å². The van der Waals surface area contributed by atoms with Crippen LogP contribution < -0.4 is 0 Å². The molecule has 5 heteroatoms. The number of rotatable bonds is 2. The fraction of sp³-hybridized carbons (Fsp3) is 0.312. The van der Waals surface area contributed by atoms with Crippen LogP contribution in [0.15, 0.2) is 39.5 Å². The van der Waals surface area contributed by atoms with Crippen molar-refractivity contribution in [2.24, 2.45) is 10.9 Å². The number of allylic oxidation sites excluding steroid dienone is 1. The van der Waals surface area contributed by atoms with E-state index in [1.54, 1.807) is 4.91 Å². The second-order valence-corrected chi connectivity index (χ2v) is 7.50. The van der Waals surface area contributed by atoms with Gasteiger partial charge in [-0.25, -0.2) is 0 Å². The average Bonchev–Trinajstić information content (AvgIpc) is 2.89. The first-order valence-electron chi connectivity index (χ1n) is 7.12. The van der Waals surface area contributed by atoms with Crippen LogP contribution in [0.3, 0.4) is 0 Å². The predicted molar refractivity (Wildman–Crippen MR) is 98.4 cm³/mol. The van der Waals surface area contributed by atoms with Gasteiger partial charge in [0, 0.05) is 27.1 Å². The summed E-state index contributed by atoms with van der Waals surface area (Å²) in [6.07, 6.45) is 2.71. The molecule has 5 rings (SSSR count). The zero-order chi connectivity index (χ0) is 13.1. The first-order valence-corrected chi connectivity index (χ1v) is 8.82. The molecule has 0 N–H and O–H groups in total. The zero-order valence-electron chi connectivity index (χ0n) is 11.4. The Hall–Kier alpha value is -0.780. The molecule has 0 bridgehead atoms. The highest BCUT2D eigenvalue weighted by Crippen LogP contribution is 2.53. The molecule has 108 valence electrons. The zero-order valence-corrected chi connectivity index (χ0v) is 14.8. The van der Waals surface area contributed by atoms with Crippen LogP contribution in [-0.4, -0.2) is 23.2 Å². The highest BCUT2D eigenvalue weighted by Gasteiger charge is 2.40. The Morgan fingerprint density at radius 3 is 2.95 bits per heavy atom. The molecule has 1 fully saturated rings. The normalized spacial score (nSPS) is 20.8. The minimum absolute atomic E-state index is 0. The van der Waals surface area contributed by atoms with E-state index in [-0.39, 0.29) is 17.0 Å². The highest BCUT2D eigenvalue weighted by molar-refractivity contribution is 8.93. The summed E-state index contributed by atoms with van der Waals surface area (Å²) in [5.74, 6) is 0.789. The van der Waals surface area contributed by atoms with Crippen LogP contribution in [0.1, 0.15) is 18.4 Å². The second-order valence-electron chi connectivity index (χ2n) is 5.54. The fourth-order valence-electron chi connectivity index (χ4n) is 3.10. The molecule has 2 nitrogen and oxygen atoms in total. The lowest BCUT2D eigenvalue weighted by Crippen LogP contribution is -2.20. The number of fused-ring (bicyclic) bond motifs is 2. The van der Waals surface area contributed by atoms with Gasteiger partial charge in [0.15, 0.2) is 5.17 Å². The van der Waals surface area contributed by atoms with E-state index >= 15 is 0 Å². The smallest absolute Gasteiger partial charge is 0.168 e. The Kier molecular flexibility index (Phi) is 3.39. The number of hydrogen-bond donors (Lipinski definition) is 0. The van der Waals surface area contributed by atoms with Gasteiger partial charge in [0.05, 0.1) is 12.2 Å². The first-order chi connectivity index (χ1) is 9.92. The van der Waals surface area contributed by atoms with Crippen molar-refractivity contribution in [1.29, 1.82) is 0 Å². The quantitative estimate of drug-likeness (QED) is 0.732. The first kappa shape index (κ1) is 13.9. The predicted octanol–water partition coefficient (Wildman–Crippen LogP) is 4.98. The van der Waals surface area contributed by atoms with Gasteiger partial charge in [0.1, 0.15) is 0 Å². The van der Waals surface area contributed by atoms with Crippen molar-refractivity contribution in [2.45, 2.75) is 12.8 Å². The Balaban J connectivity index is 0.00000115. The van der Waals surface area contributed by atoms with Gasteiger partial charge >= 0.3 is 0 Å². The van der Waals surface area contributed by atoms with E-state index in [4.69, 9.17) is 0 Å². The van der Waals surface area contributed by atoms with E-state index in [0.717, 1.165) is 19.0 Å². The van der Waals surface area contributed by atoms with Crippen LogP contribution >= 0.6 is 40.1 Å². The van der Waals surface area contributed by atoms with E-state index < -0.39 is 0 Å². The van der Waals surface area contributed by atoms with Gasteiger partial charge < -0.3 is 4.90 Å². The number of benzene rings is 1. The van der Waals surface area contributed by atoms with Gasteiger partial charge in [-0.05, 0) is 36.3 Å². The van der Waals surface area contributed by atoms with Gasteiger partial charge in [-0.15, -0.1) is 28.3 Å². The Bertz CT molecular complexity index is 773. The maximum Gasteiger partial charge on any atom is 0.168 e. The molecule has 0 radical (unpaired) electrons. The molecule has 1 aliphatic carbocycles. The summed E-state index contributed by atoms with van der Waals surface area (Å²) in [5.41, 5.74) is 2.86. The minimum atomic E-state index is 0. The highest BCUT2D eigenvalue weighted by atomic mass is 79.9. The average molecular weight is 379 g/mol. The van der Waals surface area contributed by atoms with Crippen LogP contribution in [0.25, 0.3) is 15.8 Å². The maximum absolute atomic E-state index is 4.67. The van der Waals surface area contributed by atoms with E-state index in [2.05, 4.69) is 39.5 Å². The van der Waals surface area contributed by atoms with E-state index in [0.29, 0.717) is 0 Å². The van der Waals surface area contributed by atoms with Crippen molar-refractivity contribution in [2.75, 3.05) is 13.1 Å². The van der Waals surface area contributed by atoms with Crippen molar-refractivity contribution < 1.29 is 0 Å². The number of amidine groups is 1. The summed E-state index contributed by atoms with van der Waals surface area (Å²) >= 11 is 3.76. The van der Waals surface area contributed by atoms with Gasteiger partial charge in [0.25, 0.3) is 0 Å². The van der Waals surface area contributed by atoms with Gasteiger partial charge in [-0.1, -0.05) is 23.9 Å². The summed E-state index contributed by atoms with van der Waals surface area (Å²) in [6, 6.07) is 8.97. The van der Waals surface area contributed by atoms with Gasteiger partial charge in [-0.2, -0.15) is 0 Å². The van der Waals surface area contributed by atoms with Crippen molar-refractivity contribution in [1.82, 2.24) is 4.90 Å². The fourth-order valence-corrected chi connectivity index (χ4v) is 5.28. The molecule has 1 aromatic heterocycles. The molecule has 0 saturated heterocycles. The molecule has 3 aliphatic rings. The van der Waals surface area contributed by atoms with Gasteiger partial charge in [0.2, 0.25) is 0 Å². The summed E-state index contributed by atoms with van der Waals surface area (Å²) < 4.78 is 1.39. The van der Waals surface area contributed by atoms with Crippen molar-refractivity contribution in [3.8, 4) is 0 Å². The molecular weight excluding hydrogens is 364 g/mol. The number of thiophene rings is 1. The third-order valence-electron chi connectivity index (χ3n) is 4.21. The minimum Gasteiger partial charge on any atom is -0.318 e. The molecular formula is C16H15BrN2S2. The molecule has 0 amide bonds. The van der Waals surface area contributed by atoms with Crippen LogP contribution in [0.4, 0.5) is 0 Å².